The quantitative estimate of drug-likeness (QED) is 0.828. The fourth-order valence-electron chi connectivity index (χ4n) is 1.93. The van der Waals surface area contributed by atoms with Gasteiger partial charge in [0.25, 0.3) is 11.8 Å². The summed E-state index contributed by atoms with van der Waals surface area (Å²) >= 11 is 0. The number of hydrogen-bond acceptors (Lipinski definition) is 5. The standard InChI is InChI=1S/C12H17F2N5O.2ClH/c13-12(14,7-15)8-16-11(20)9-3-4-10(18-17-9)19-5-1-2-6-19;;/h3-4H,1-2,5-8,15H2,(H,16,20);2*1H. The largest absolute Gasteiger partial charge is 0.355 e. The van der Waals surface area contributed by atoms with Crippen LogP contribution in [0, 0.1) is 0 Å². The van der Waals surface area contributed by atoms with Gasteiger partial charge in [0.15, 0.2) is 11.5 Å². The highest BCUT2D eigenvalue weighted by atomic mass is 35.5. The van der Waals surface area contributed by atoms with Crippen molar-refractivity contribution in [1.29, 1.82) is 0 Å². The topological polar surface area (TPSA) is 84.1 Å². The summed E-state index contributed by atoms with van der Waals surface area (Å²) in [5.74, 6) is -3.09. The summed E-state index contributed by atoms with van der Waals surface area (Å²) in [6, 6.07) is 3.16. The summed E-state index contributed by atoms with van der Waals surface area (Å²) in [5, 5.41) is 9.81. The molecule has 2 rings (SSSR count). The highest BCUT2D eigenvalue weighted by molar-refractivity contribution is 5.92. The molecule has 126 valence electrons. The van der Waals surface area contributed by atoms with Crippen LogP contribution < -0.4 is 16.0 Å². The van der Waals surface area contributed by atoms with Crippen molar-refractivity contribution < 1.29 is 13.6 Å². The molecular formula is C12H19Cl2F2N5O. The average Bonchev–Trinajstić information content (AvgIpc) is 2.99. The zero-order valence-electron chi connectivity index (χ0n) is 11.8. The Morgan fingerprint density at radius 2 is 1.91 bits per heavy atom. The van der Waals surface area contributed by atoms with Crippen molar-refractivity contribution >= 4 is 36.5 Å². The fourth-order valence-corrected chi connectivity index (χ4v) is 1.93. The van der Waals surface area contributed by atoms with Crippen molar-refractivity contribution in [3.05, 3.63) is 17.8 Å². The number of halogens is 4. The Morgan fingerprint density at radius 3 is 2.41 bits per heavy atom. The number of nitrogens with two attached hydrogens (primary N) is 1. The van der Waals surface area contributed by atoms with E-state index in [9.17, 15) is 13.6 Å². The van der Waals surface area contributed by atoms with Crippen LogP contribution in [0.15, 0.2) is 12.1 Å². The average molecular weight is 358 g/mol. The molecule has 0 spiro atoms. The molecule has 0 aliphatic carbocycles. The molecule has 0 atom stereocenters. The lowest BCUT2D eigenvalue weighted by Crippen LogP contribution is -2.41. The van der Waals surface area contributed by atoms with Gasteiger partial charge in [-0.25, -0.2) is 8.78 Å². The fraction of sp³-hybridized carbons (Fsp3) is 0.583. The number of nitrogens with one attached hydrogen (secondary N) is 1. The van der Waals surface area contributed by atoms with Crippen LogP contribution in [0.4, 0.5) is 14.6 Å². The van der Waals surface area contributed by atoms with Gasteiger partial charge in [0.1, 0.15) is 0 Å². The second kappa shape index (κ2) is 9.02. The van der Waals surface area contributed by atoms with Crippen molar-refractivity contribution in [2.24, 2.45) is 5.73 Å². The van der Waals surface area contributed by atoms with E-state index in [1.807, 2.05) is 0 Å². The van der Waals surface area contributed by atoms with E-state index in [4.69, 9.17) is 5.73 Å². The summed E-state index contributed by atoms with van der Waals surface area (Å²) in [6.45, 7) is 0.219. The van der Waals surface area contributed by atoms with Crippen LogP contribution in [-0.2, 0) is 0 Å². The van der Waals surface area contributed by atoms with Gasteiger partial charge in [0.05, 0.1) is 13.1 Å². The Kier molecular flexibility index (Phi) is 8.50. The van der Waals surface area contributed by atoms with Gasteiger partial charge in [-0.05, 0) is 25.0 Å². The Morgan fingerprint density at radius 1 is 1.27 bits per heavy atom. The Labute approximate surface area is 139 Å². The molecule has 0 bridgehead atoms. The second-order valence-corrected chi connectivity index (χ2v) is 4.71. The second-order valence-electron chi connectivity index (χ2n) is 4.71. The summed E-state index contributed by atoms with van der Waals surface area (Å²) in [5.41, 5.74) is 4.90. The van der Waals surface area contributed by atoms with Crippen LogP contribution in [-0.4, -0.2) is 48.2 Å². The van der Waals surface area contributed by atoms with Crippen molar-refractivity contribution in [3.63, 3.8) is 0 Å². The van der Waals surface area contributed by atoms with Crippen LogP contribution in [0.2, 0.25) is 0 Å². The number of rotatable bonds is 5. The predicted molar refractivity (Wildman–Crippen MR) is 84.3 cm³/mol. The molecule has 1 aromatic rings. The third kappa shape index (κ3) is 5.51. The van der Waals surface area contributed by atoms with Crippen molar-refractivity contribution in [2.45, 2.75) is 18.8 Å². The third-order valence-electron chi connectivity index (χ3n) is 3.12. The number of carbonyl (C=O) groups is 1. The molecule has 3 N–H and O–H groups in total. The SMILES string of the molecule is Cl.Cl.NCC(F)(F)CNC(=O)c1ccc(N2CCCC2)nn1. The lowest BCUT2D eigenvalue weighted by molar-refractivity contribution is 0.0118. The molecule has 6 nitrogen and oxygen atoms in total. The number of alkyl halides is 2. The van der Waals surface area contributed by atoms with Crippen LogP contribution >= 0.6 is 24.8 Å². The minimum absolute atomic E-state index is 0. The van der Waals surface area contributed by atoms with E-state index >= 15 is 0 Å². The molecular weight excluding hydrogens is 339 g/mol. The highest BCUT2D eigenvalue weighted by Crippen LogP contribution is 2.16. The van der Waals surface area contributed by atoms with Crippen molar-refractivity contribution in [2.75, 3.05) is 31.1 Å². The van der Waals surface area contributed by atoms with Crippen molar-refractivity contribution in [3.8, 4) is 0 Å². The maximum atomic E-state index is 12.9. The zero-order valence-corrected chi connectivity index (χ0v) is 13.4. The Balaban J connectivity index is 0.00000220. The molecule has 1 aliphatic rings. The molecule has 1 aliphatic heterocycles. The number of carbonyl (C=O) groups excluding carboxylic acids is 1. The van der Waals surface area contributed by atoms with Crippen LogP contribution in [0.3, 0.4) is 0 Å². The first-order chi connectivity index (χ1) is 9.52. The van der Waals surface area contributed by atoms with E-state index in [-0.39, 0.29) is 30.5 Å². The van der Waals surface area contributed by atoms with Crippen molar-refractivity contribution in [1.82, 2.24) is 15.5 Å². The predicted octanol–water partition coefficient (Wildman–Crippen LogP) is 1.24. The molecule has 0 unspecified atom stereocenters. The molecule has 1 saturated heterocycles. The third-order valence-corrected chi connectivity index (χ3v) is 3.12. The normalized spacial score (nSPS) is 14.0. The number of hydrogen-bond donors (Lipinski definition) is 2. The van der Waals surface area contributed by atoms with E-state index in [0.29, 0.717) is 5.82 Å². The molecule has 1 amide bonds. The van der Waals surface area contributed by atoms with Crippen LogP contribution in [0.5, 0.6) is 0 Å². The number of anilines is 1. The van der Waals surface area contributed by atoms with Gasteiger partial charge in [-0.3, -0.25) is 4.79 Å². The Hall–Kier alpha value is -1.25. The molecule has 1 fully saturated rings. The first-order valence-electron chi connectivity index (χ1n) is 6.46. The molecule has 0 saturated carbocycles. The minimum atomic E-state index is -3.11. The maximum Gasteiger partial charge on any atom is 0.277 e. The molecule has 22 heavy (non-hydrogen) atoms. The van der Waals surface area contributed by atoms with E-state index in [1.165, 1.54) is 6.07 Å². The van der Waals surface area contributed by atoms with Gasteiger partial charge in [-0.15, -0.1) is 35.0 Å². The zero-order chi connectivity index (χ0) is 14.6. The number of amides is 1. The lowest BCUT2D eigenvalue weighted by atomic mass is 10.3. The smallest absolute Gasteiger partial charge is 0.277 e. The first kappa shape index (κ1) is 20.8. The van der Waals surface area contributed by atoms with E-state index in [2.05, 4.69) is 20.4 Å². The van der Waals surface area contributed by atoms with Gasteiger partial charge in [0, 0.05) is 13.1 Å². The monoisotopic (exact) mass is 357 g/mol. The first-order valence-corrected chi connectivity index (χ1v) is 6.46. The number of aromatic nitrogens is 2. The van der Waals surface area contributed by atoms with Crippen LogP contribution in [0.1, 0.15) is 23.3 Å². The summed E-state index contributed by atoms with van der Waals surface area (Å²) in [6.07, 6.45) is 2.22. The van der Waals surface area contributed by atoms with Gasteiger partial charge < -0.3 is 16.0 Å². The van der Waals surface area contributed by atoms with E-state index in [1.54, 1.807) is 6.07 Å². The summed E-state index contributed by atoms with van der Waals surface area (Å²) in [7, 11) is 0. The van der Waals surface area contributed by atoms with E-state index in [0.717, 1.165) is 25.9 Å². The molecule has 0 aromatic carbocycles. The summed E-state index contributed by atoms with van der Waals surface area (Å²) < 4.78 is 25.8. The van der Waals surface area contributed by atoms with Gasteiger partial charge in [0.2, 0.25) is 0 Å². The van der Waals surface area contributed by atoms with E-state index < -0.39 is 24.9 Å². The molecule has 10 heteroatoms. The summed E-state index contributed by atoms with van der Waals surface area (Å²) in [4.78, 5) is 13.7. The maximum absolute atomic E-state index is 12.9. The van der Waals surface area contributed by atoms with Gasteiger partial charge in [-0.2, -0.15) is 0 Å². The minimum Gasteiger partial charge on any atom is -0.355 e. The van der Waals surface area contributed by atoms with Crippen LogP contribution in [0.25, 0.3) is 0 Å². The Bertz CT molecular complexity index is 469. The number of nitrogens with zero attached hydrogens (tertiary/aromatic N) is 3. The van der Waals surface area contributed by atoms with Gasteiger partial charge in [-0.1, -0.05) is 0 Å². The highest BCUT2D eigenvalue weighted by Gasteiger charge is 2.27. The lowest BCUT2D eigenvalue weighted by Gasteiger charge is -2.16. The van der Waals surface area contributed by atoms with Gasteiger partial charge >= 0.3 is 0 Å². The molecule has 2 heterocycles. The molecule has 0 radical (unpaired) electrons. The molecule has 1 aromatic heterocycles.